The van der Waals surface area contributed by atoms with Gasteiger partial charge in [-0.15, -0.1) is 11.3 Å². The second-order valence-corrected chi connectivity index (χ2v) is 11.2. The molecule has 4 rings (SSSR count). The highest BCUT2D eigenvalue weighted by molar-refractivity contribution is 7.87. The first-order chi connectivity index (χ1) is 14.9. The van der Waals surface area contributed by atoms with Crippen LogP contribution in [0.1, 0.15) is 30.6 Å². The normalized spacial score (nSPS) is 21.0. The molecule has 0 bridgehead atoms. The van der Waals surface area contributed by atoms with Crippen LogP contribution in [-0.4, -0.2) is 58.1 Å². The Labute approximate surface area is 188 Å². The van der Waals surface area contributed by atoms with Crippen LogP contribution in [0.4, 0.5) is 5.13 Å². The van der Waals surface area contributed by atoms with E-state index in [9.17, 15) is 8.42 Å². The Balaban J connectivity index is 1.36. The van der Waals surface area contributed by atoms with E-state index in [2.05, 4.69) is 10.0 Å². The summed E-state index contributed by atoms with van der Waals surface area (Å²) < 4.78 is 39.5. The predicted octanol–water partition coefficient (Wildman–Crippen LogP) is 3.12. The molecule has 1 aromatic heterocycles. The molecular formula is C21H30N4O4S2. The fourth-order valence-electron chi connectivity index (χ4n) is 4.10. The number of methoxy groups -OCH3 is 1. The smallest absolute Gasteiger partial charge is 0.279 e. The van der Waals surface area contributed by atoms with Gasteiger partial charge in [-0.25, -0.2) is 4.98 Å². The number of aromatic nitrogens is 1. The third-order valence-electron chi connectivity index (χ3n) is 5.91. The number of hydrogen-bond donors (Lipinski definition) is 2. The molecule has 0 radical (unpaired) electrons. The van der Waals surface area contributed by atoms with Crippen LogP contribution in [0.5, 0.6) is 11.5 Å². The molecule has 1 aromatic carbocycles. The maximum atomic E-state index is 12.0. The lowest BCUT2D eigenvalue weighted by Gasteiger charge is -2.29. The predicted molar refractivity (Wildman–Crippen MR) is 123 cm³/mol. The maximum Gasteiger partial charge on any atom is 0.279 e. The van der Waals surface area contributed by atoms with Gasteiger partial charge in [0.1, 0.15) is 0 Å². The molecule has 31 heavy (non-hydrogen) atoms. The molecule has 0 spiro atoms. The van der Waals surface area contributed by atoms with Crippen LogP contribution in [0.25, 0.3) is 11.3 Å². The van der Waals surface area contributed by atoms with Gasteiger partial charge in [-0.1, -0.05) is 6.07 Å². The second kappa shape index (κ2) is 9.32. The van der Waals surface area contributed by atoms with Gasteiger partial charge in [0.05, 0.1) is 19.4 Å². The molecule has 0 unspecified atom stereocenters. The van der Waals surface area contributed by atoms with Gasteiger partial charge in [0, 0.05) is 43.5 Å². The Kier molecular flexibility index (Phi) is 6.71. The van der Waals surface area contributed by atoms with Gasteiger partial charge >= 0.3 is 0 Å². The number of para-hydroxylation sites is 1. The van der Waals surface area contributed by atoms with Gasteiger partial charge in [-0.3, -0.25) is 0 Å². The van der Waals surface area contributed by atoms with Gasteiger partial charge in [-0.05, 0) is 43.7 Å². The Bertz CT molecular complexity index is 1010. The summed E-state index contributed by atoms with van der Waals surface area (Å²) in [6.07, 6.45) is 4.53. The van der Waals surface area contributed by atoms with Crippen LogP contribution in [0, 0.1) is 5.92 Å². The second-order valence-electron chi connectivity index (χ2n) is 8.23. The van der Waals surface area contributed by atoms with Crippen molar-refractivity contribution >= 4 is 26.7 Å². The summed E-state index contributed by atoms with van der Waals surface area (Å²) in [5.74, 6) is 2.01. The Hall–Kier alpha value is -1.88. The molecular weight excluding hydrogens is 436 g/mol. The molecule has 2 heterocycles. The van der Waals surface area contributed by atoms with Crippen LogP contribution in [0.3, 0.4) is 0 Å². The number of nitrogens with one attached hydrogen (secondary N) is 2. The third-order valence-corrected chi connectivity index (χ3v) is 8.58. The average Bonchev–Trinajstić information content (AvgIpc) is 3.07. The van der Waals surface area contributed by atoms with Gasteiger partial charge in [0.15, 0.2) is 16.6 Å². The first-order valence-electron chi connectivity index (χ1n) is 10.6. The van der Waals surface area contributed by atoms with Crippen molar-refractivity contribution in [1.82, 2.24) is 14.0 Å². The molecule has 0 atom stereocenters. The van der Waals surface area contributed by atoms with E-state index in [4.69, 9.17) is 14.5 Å². The topological polar surface area (TPSA) is 92.8 Å². The number of ether oxygens (including phenoxy) is 2. The van der Waals surface area contributed by atoms with Crippen LogP contribution < -0.4 is 19.5 Å². The largest absolute Gasteiger partial charge is 0.493 e. The van der Waals surface area contributed by atoms with Crippen LogP contribution in [0.15, 0.2) is 18.2 Å². The van der Waals surface area contributed by atoms with Crippen molar-refractivity contribution in [3.05, 3.63) is 23.1 Å². The lowest BCUT2D eigenvalue weighted by Crippen LogP contribution is -2.43. The number of anilines is 1. The standard InChI is InChI=1S/C21H30N4O4S2/c1-25(2)31(26,27)24-15-9-7-14(8-10-15)13-22-21-23-19-16-5-4-6-17(28-3)20(16)29-12-11-18(19)30-21/h4-6,14-15,24H,7-13H2,1-3H3,(H,22,23). The summed E-state index contributed by atoms with van der Waals surface area (Å²) in [6, 6.07) is 5.92. The summed E-state index contributed by atoms with van der Waals surface area (Å²) in [6.45, 7) is 1.45. The van der Waals surface area contributed by atoms with Crippen molar-refractivity contribution in [1.29, 1.82) is 0 Å². The monoisotopic (exact) mass is 466 g/mol. The number of benzene rings is 1. The zero-order valence-electron chi connectivity index (χ0n) is 18.2. The summed E-state index contributed by atoms with van der Waals surface area (Å²) in [5.41, 5.74) is 1.95. The van der Waals surface area contributed by atoms with Crippen LogP contribution in [-0.2, 0) is 16.6 Å². The lowest BCUT2D eigenvalue weighted by molar-refractivity contribution is 0.302. The molecule has 1 aliphatic carbocycles. The molecule has 1 aliphatic heterocycles. The fourth-order valence-corrected chi connectivity index (χ4v) is 5.93. The van der Waals surface area contributed by atoms with Crippen LogP contribution >= 0.6 is 11.3 Å². The van der Waals surface area contributed by atoms with Crippen molar-refractivity contribution in [3.8, 4) is 22.8 Å². The van der Waals surface area contributed by atoms with E-state index in [0.717, 1.165) is 66.5 Å². The van der Waals surface area contributed by atoms with Crippen molar-refractivity contribution in [2.24, 2.45) is 5.92 Å². The number of hydrogen-bond acceptors (Lipinski definition) is 7. The molecule has 2 N–H and O–H groups in total. The van der Waals surface area contributed by atoms with E-state index in [0.29, 0.717) is 12.5 Å². The van der Waals surface area contributed by atoms with Crippen molar-refractivity contribution in [2.45, 2.75) is 38.1 Å². The van der Waals surface area contributed by atoms with Gasteiger partial charge < -0.3 is 14.8 Å². The lowest BCUT2D eigenvalue weighted by atomic mass is 9.86. The van der Waals surface area contributed by atoms with Gasteiger partial charge in [0.25, 0.3) is 10.2 Å². The van der Waals surface area contributed by atoms with Crippen LogP contribution in [0.2, 0.25) is 0 Å². The highest BCUT2D eigenvalue weighted by atomic mass is 32.2. The number of nitrogens with zero attached hydrogens (tertiary/aromatic N) is 2. The zero-order chi connectivity index (χ0) is 22.0. The van der Waals surface area contributed by atoms with E-state index in [1.807, 2.05) is 18.2 Å². The summed E-state index contributed by atoms with van der Waals surface area (Å²) in [4.78, 5) is 6.09. The average molecular weight is 467 g/mol. The maximum absolute atomic E-state index is 12.0. The van der Waals surface area contributed by atoms with E-state index >= 15 is 0 Å². The summed E-state index contributed by atoms with van der Waals surface area (Å²) in [5, 5.41) is 4.45. The van der Waals surface area contributed by atoms with Gasteiger partial charge in [0.2, 0.25) is 0 Å². The third kappa shape index (κ3) is 4.97. The highest BCUT2D eigenvalue weighted by Gasteiger charge is 2.27. The first kappa shape index (κ1) is 22.3. The minimum absolute atomic E-state index is 0.0195. The highest BCUT2D eigenvalue weighted by Crippen LogP contribution is 2.43. The number of fused-ring (bicyclic) bond motifs is 3. The molecule has 8 nitrogen and oxygen atoms in total. The zero-order valence-corrected chi connectivity index (χ0v) is 19.8. The Morgan fingerprint density at radius 1 is 1.26 bits per heavy atom. The minimum Gasteiger partial charge on any atom is -0.493 e. The summed E-state index contributed by atoms with van der Waals surface area (Å²) in [7, 11) is 1.39. The first-order valence-corrected chi connectivity index (χ1v) is 12.9. The van der Waals surface area contributed by atoms with E-state index in [1.165, 1.54) is 9.18 Å². The van der Waals surface area contributed by atoms with Crippen molar-refractivity contribution in [3.63, 3.8) is 0 Å². The molecule has 0 saturated heterocycles. The number of thiazole rings is 1. The van der Waals surface area contributed by atoms with Crippen molar-refractivity contribution < 1.29 is 17.9 Å². The van der Waals surface area contributed by atoms with E-state index in [1.54, 1.807) is 32.5 Å². The molecule has 2 aliphatic rings. The van der Waals surface area contributed by atoms with E-state index in [-0.39, 0.29) is 6.04 Å². The SMILES string of the molecule is COc1cccc2c1OCCc1sc(NCC3CCC(NS(=O)(=O)N(C)C)CC3)nc1-2. The van der Waals surface area contributed by atoms with Crippen molar-refractivity contribution in [2.75, 3.05) is 39.7 Å². The quantitative estimate of drug-likeness (QED) is 0.651. The minimum atomic E-state index is -3.36. The van der Waals surface area contributed by atoms with Gasteiger partial charge in [-0.2, -0.15) is 17.4 Å². The fraction of sp³-hybridized carbons (Fsp3) is 0.571. The molecule has 2 aromatic rings. The molecule has 10 heteroatoms. The Morgan fingerprint density at radius 3 is 2.74 bits per heavy atom. The molecule has 1 saturated carbocycles. The molecule has 1 fully saturated rings. The molecule has 0 amide bonds. The van der Waals surface area contributed by atoms with E-state index < -0.39 is 10.2 Å². The molecule has 170 valence electrons. The summed E-state index contributed by atoms with van der Waals surface area (Å²) >= 11 is 1.69. The number of rotatable bonds is 7. The Morgan fingerprint density at radius 2 is 2.03 bits per heavy atom.